The number of fused-ring (bicyclic) bond motifs is 2. The summed E-state index contributed by atoms with van der Waals surface area (Å²) in [6.45, 7) is -0.243. The third-order valence-electron chi connectivity index (χ3n) is 3.85. The third kappa shape index (κ3) is 2.69. The second kappa shape index (κ2) is 5.75. The molecule has 8 nitrogen and oxygen atoms in total. The van der Waals surface area contributed by atoms with Crippen molar-refractivity contribution in [3.63, 3.8) is 0 Å². The molecule has 3 N–H and O–H groups in total. The quantitative estimate of drug-likeness (QED) is 0.522. The lowest BCUT2D eigenvalue weighted by Gasteiger charge is -2.08. The third-order valence-corrected chi connectivity index (χ3v) is 3.85. The number of benzene rings is 2. The lowest BCUT2D eigenvalue weighted by molar-refractivity contribution is -0.116. The summed E-state index contributed by atoms with van der Waals surface area (Å²) in [5.41, 5.74) is 0.808. The van der Waals surface area contributed by atoms with E-state index >= 15 is 0 Å². The zero-order valence-corrected chi connectivity index (χ0v) is 12.9. The molecule has 0 bridgehead atoms. The lowest BCUT2D eigenvalue weighted by atomic mass is 10.2. The minimum atomic E-state index is -0.636. The molecular weight excluding hydrogens is 322 g/mol. The second-order valence-electron chi connectivity index (χ2n) is 5.51. The van der Waals surface area contributed by atoms with E-state index in [4.69, 9.17) is 0 Å². The molecule has 0 saturated carbocycles. The molecule has 2 aromatic carbocycles. The van der Waals surface area contributed by atoms with E-state index in [0.717, 1.165) is 11.0 Å². The summed E-state index contributed by atoms with van der Waals surface area (Å²) in [4.78, 5) is 45.7. The summed E-state index contributed by atoms with van der Waals surface area (Å²) in [5, 5.41) is 2.97. The minimum Gasteiger partial charge on any atom is -0.324 e. The van der Waals surface area contributed by atoms with E-state index in [1.165, 1.54) is 4.57 Å². The Labute approximate surface area is 140 Å². The van der Waals surface area contributed by atoms with Crippen molar-refractivity contribution in [2.45, 2.75) is 6.54 Å². The largest absolute Gasteiger partial charge is 0.329 e. The van der Waals surface area contributed by atoms with Crippen LogP contribution in [0.5, 0.6) is 0 Å². The number of hydrogen-bond acceptors (Lipinski definition) is 4. The van der Waals surface area contributed by atoms with Gasteiger partial charge in [-0.1, -0.05) is 24.3 Å². The molecular formula is C17H13N5O3. The maximum atomic E-state index is 12.3. The molecule has 0 unspecified atom stereocenters. The highest BCUT2D eigenvalue weighted by atomic mass is 16.2. The topological polar surface area (TPSA) is 113 Å². The maximum absolute atomic E-state index is 12.3. The zero-order valence-electron chi connectivity index (χ0n) is 12.9. The number of nitrogens with zero attached hydrogens (tertiary/aromatic N) is 2. The predicted molar refractivity (Wildman–Crippen MR) is 93.6 cm³/mol. The van der Waals surface area contributed by atoms with Gasteiger partial charge in [-0.25, -0.2) is 9.78 Å². The normalized spacial score (nSPS) is 11.0. The Hall–Kier alpha value is -3.68. The number of H-pyrrole nitrogens is 2. The molecule has 1 amide bonds. The number of aromatic nitrogens is 4. The average Bonchev–Trinajstić information content (AvgIpc) is 3.00. The molecule has 0 radical (unpaired) electrons. The molecule has 2 aromatic heterocycles. The van der Waals surface area contributed by atoms with Gasteiger partial charge in [-0.05, 0) is 24.3 Å². The van der Waals surface area contributed by atoms with Crippen molar-refractivity contribution in [3.05, 3.63) is 69.4 Å². The number of carbonyl (C=O) groups excluding carboxylic acids is 1. The van der Waals surface area contributed by atoms with Crippen molar-refractivity contribution < 1.29 is 4.79 Å². The van der Waals surface area contributed by atoms with Gasteiger partial charge < -0.3 is 4.98 Å². The van der Waals surface area contributed by atoms with Gasteiger partial charge in [0.1, 0.15) is 6.54 Å². The molecule has 25 heavy (non-hydrogen) atoms. The smallest absolute Gasteiger partial charge is 0.324 e. The standard InChI is InChI=1S/C17H13N5O3/c23-14(20-16-18-11-6-2-3-7-12(11)19-16)9-22-13-8-4-1-5-10(13)15(24)21-17(22)25/h1-8H,9H2,(H,21,24,25)(H2,18,19,20,23). The number of nitrogens with one attached hydrogen (secondary N) is 3. The van der Waals surface area contributed by atoms with E-state index in [1.807, 2.05) is 24.3 Å². The average molecular weight is 335 g/mol. The van der Waals surface area contributed by atoms with Crippen LogP contribution in [0.2, 0.25) is 0 Å². The first-order valence-corrected chi connectivity index (χ1v) is 7.58. The molecule has 2 heterocycles. The Morgan fingerprint density at radius 3 is 2.64 bits per heavy atom. The molecule has 124 valence electrons. The predicted octanol–water partition coefficient (Wildman–Crippen LogP) is 1.20. The van der Waals surface area contributed by atoms with Crippen molar-refractivity contribution in [2.75, 3.05) is 5.32 Å². The lowest BCUT2D eigenvalue weighted by Crippen LogP contribution is -2.34. The first-order chi connectivity index (χ1) is 12.1. The van der Waals surface area contributed by atoms with Crippen molar-refractivity contribution >= 4 is 33.8 Å². The molecule has 0 fully saturated rings. The monoisotopic (exact) mass is 335 g/mol. The molecule has 0 saturated heterocycles. The molecule has 0 spiro atoms. The summed E-state index contributed by atoms with van der Waals surface area (Å²) in [7, 11) is 0. The zero-order chi connectivity index (χ0) is 17.4. The summed E-state index contributed by atoms with van der Waals surface area (Å²) < 4.78 is 1.22. The Morgan fingerprint density at radius 2 is 1.80 bits per heavy atom. The van der Waals surface area contributed by atoms with E-state index in [1.54, 1.807) is 24.3 Å². The Balaban J connectivity index is 1.66. The SMILES string of the molecule is O=C(Cn1c(=O)[nH]c(=O)c2ccccc21)Nc1nc2ccccc2[nH]1. The molecule has 4 rings (SSSR count). The minimum absolute atomic E-state index is 0.243. The van der Waals surface area contributed by atoms with Gasteiger partial charge in [-0.3, -0.25) is 24.5 Å². The van der Waals surface area contributed by atoms with Crippen LogP contribution in [0, 0.1) is 0 Å². The van der Waals surface area contributed by atoms with Crippen molar-refractivity contribution in [3.8, 4) is 0 Å². The van der Waals surface area contributed by atoms with Crippen LogP contribution in [-0.2, 0) is 11.3 Å². The number of amides is 1. The molecule has 4 aromatic rings. The van der Waals surface area contributed by atoms with E-state index in [-0.39, 0.29) is 6.54 Å². The van der Waals surface area contributed by atoms with Crippen LogP contribution >= 0.6 is 0 Å². The second-order valence-corrected chi connectivity index (χ2v) is 5.51. The first-order valence-electron chi connectivity index (χ1n) is 7.58. The highest BCUT2D eigenvalue weighted by molar-refractivity contribution is 5.91. The Morgan fingerprint density at radius 1 is 1.04 bits per heavy atom. The van der Waals surface area contributed by atoms with Crippen molar-refractivity contribution in [1.82, 2.24) is 19.5 Å². The van der Waals surface area contributed by atoms with Crippen LogP contribution in [0.1, 0.15) is 0 Å². The van der Waals surface area contributed by atoms with Gasteiger partial charge in [0.25, 0.3) is 5.56 Å². The summed E-state index contributed by atoms with van der Waals surface area (Å²) >= 11 is 0. The Bertz CT molecular complexity index is 1190. The van der Waals surface area contributed by atoms with Crippen LogP contribution in [-0.4, -0.2) is 25.4 Å². The summed E-state index contributed by atoms with van der Waals surface area (Å²) in [6.07, 6.45) is 0. The summed E-state index contributed by atoms with van der Waals surface area (Å²) in [5.74, 6) is -0.133. The fraction of sp³-hybridized carbons (Fsp3) is 0.0588. The fourth-order valence-corrected chi connectivity index (χ4v) is 2.73. The molecule has 8 heteroatoms. The van der Waals surface area contributed by atoms with Crippen LogP contribution in [0.3, 0.4) is 0 Å². The highest BCUT2D eigenvalue weighted by Crippen LogP contribution is 2.13. The summed E-state index contributed by atoms with van der Waals surface area (Å²) in [6, 6.07) is 14.0. The van der Waals surface area contributed by atoms with Crippen LogP contribution in [0.25, 0.3) is 21.9 Å². The van der Waals surface area contributed by atoms with Gasteiger partial charge in [-0.2, -0.15) is 0 Å². The van der Waals surface area contributed by atoms with Crippen molar-refractivity contribution in [1.29, 1.82) is 0 Å². The van der Waals surface area contributed by atoms with E-state index in [9.17, 15) is 14.4 Å². The number of anilines is 1. The first kappa shape index (κ1) is 14.9. The maximum Gasteiger partial charge on any atom is 0.329 e. The van der Waals surface area contributed by atoms with E-state index in [0.29, 0.717) is 16.9 Å². The van der Waals surface area contributed by atoms with Crippen LogP contribution < -0.4 is 16.6 Å². The molecule has 0 atom stereocenters. The van der Waals surface area contributed by atoms with Gasteiger partial charge in [0.15, 0.2) is 0 Å². The number of para-hydroxylation sites is 3. The van der Waals surface area contributed by atoms with Gasteiger partial charge >= 0.3 is 5.69 Å². The highest BCUT2D eigenvalue weighted by Gasteiger charge is 2.12. The van der Waals surface area contributed by atoms with Gasteiger partial charge in [0.2, 0.25) is 11.9 Å². The fourth-order valence-electron chi connectivity index (χ4n) is 2.73. The van der Waals surface area contributed by atoms with Crippen LogP contribution in [0.4, 0.5) is 5.95 Å². The van der Waals surface area contributed by atoms with Crippen LogP contribution in [0.15, 0.2) is 58.1 Å². The number of aromatic amines is 2. The number of rotatable bonds is 3. The van der Waals surface area contributed by atoms with E-state index in [2.05, 4.69) is 20.3 Å². The van der Waals surface area contributed by atoms with Gasteiger partial charge in [-0.15, -0.1) is 0 Å². The molecule has 0 aliphatic rings. The van der Waals surface area contributed by atoms with E-state index < -0.39 is 17.2 Å². The number of imidazole rings is 1. The Kier molecular flexibility index (Phi) is 3.42. The van der Waals surface area contributed by atoms with Crippen molar-refractivity contribution in [2.24, 2.45) is 0 Å². The number of hydrogen-bond donors (Lipinski definition) is 3. The van der Waals surface area contributed by atoms with Gasteiger partial charge in [0.05, 0.1) is 21.9 Å². The molecule has 0 aliphatic carbocycles. The molecule has 0 aliphatic heterocycles. The van der Waals surface area contributed by atoms with Gasteiger partial charge in [0, 0.05) is 0 Å². The number of carbonyl (C=O) groups is 1.